The molecule has 1 N–H and O–H groups in total. The molecule has 0 bridgehead atoms. The monoisotopic (exact) mass is 289 g/mol. The third kappa shape index (κ3) is 2.81. The van der Waals surface area contributed by atoms with E-state index in [1.54, 1.807) is 7.11 Å². The van der Waals surface area contributed by atoms with E-state index in [0.29, 0.717) is 29.3 Å². The molecule has 0 radical (unpaired) electrons. The van der Waals surface area contributed by atoms with E-state index in [-0.39, 0.29) is 0 Å². The molecule has 0 aliphatic heterocycles. The second kappa shape index (κ2) is 5.44. The number of hydrogen-bond donors (Lipinski definition) is 1. The standard InChI is InChI=1S/C16H13F2NO2/c1-20-15-4-2-3-10-5-14(21-16(10)15)9-19-13-7-11(17)6-12(18)8-13/h2-8,19H,9H2,1H3. The molecule has 0 fully saturated rings. The van der Waals surface area contributed by atoms with E-state index in [2.05, 4.69) is 5.32 Å². The molecule has 0 aliphatic carbocycles. The van der Waals surface area contributed by atoms with Crippen LogP contribution >= 0.6 is 0 Å². The first kappa shape index (κ1) is 13.4. The van der Waals surface area contributed by atoms with Crippen molar-refractivity contribution in [1.82, 2.24) is 0 Å². The van der Waals surface area contributed by atoms with Crippen molar-refractivity contribution < 1.29 is 17.9 Å². The Morgan fingerprint density at radius 3 is 2.57 bits per heavy atom. The molecular weight excluding hydrogens is 276 g/mol. The van der Waals surface area contributed by atoms with Crippen molar-refractivity contribution in [3.63, 3.8) is 0 Å². The number of furan rings is 1. The molecule has 3 nitrogen and oxygen atoms in total. The lowest BCUT2D eigenvalue weighted by Crippen LogP contribution is -1.99. The van der Waals surface area contributed by atoms with E-state index in [9.17, 15) is 8.78 Å². The number of para-hydroxylation sites is 1. The third-order valence-electron chi connectivity index (χ3n) is 3.11. The smallest absolute Gasteiger partial charge is 0.176 e. The predicted molar refractivity (Wildman–Crippen MR) is 76.5 cm³/mol. The highest BCUT2D eigenvalue weighted by atomic mass is 19.1. The topological polar surface area (TPSA) is 34.4 Å². The average Bonchev–Trinajstić information content (AvgIpc) is 2.87. The van der Waals surface area contributed by atoms with Crippen LogP contribution in [0.25, 0.3) is 11.0 Å². The number of ether oxygens (including phenoxy) is 1. The molecule has 0 aliphatic rings. The van der Waals surface area contributed by atoms with Crippen molar-refractivity contribution in [2.75, 3.05) is 12.4 Å². The quantitative estimate of drug-likeness (QED) is 0.776. The number of nitrogens with one attached hydrogen (secondary N) is 1. The maximum Gasteiger partial charge on any atom is 0.176 e. The molecule has 3 aromatic rings. The van der Waals surface area contributed by atoms with Gasteiger partial charge in [0.25, 0.3) is 0 Å². The van der Waals surface area contributed by atoms with Gasteiger partial charge in [-0.15, -0.1) is 0 Å². The molecule has 2 aromatic carbocycles. The van der Waals surface area contributed by atoms with Crippen molar-refractivity contribution in [3.8, 4) is 5.75 Å². The molecule has 3 rings (SSSR count). The van der Waals surface area contributed by atoms with Crippen molar-refractivity contribution in [2.45, 2.75) is 6.54 Å². The molecule has 21 heavy (non-hydrogen) atoms. The van der Waals surface area contributed by atoms with Gasteiger partial charge in [0, 0.05) is 17.1 Å². The van der Waals surface area contributed by atoms with Gasteiger partial charge in [-0.2, -0.15) is 0 Å². The van der Waals surface area contributed by atoms with E-state index < -0.39 is 11.6 Å². The Morgan fingerprint density at radius 2 is 1.86 bits per heavy atom. The van der Waals surface area contributed by atoms with Crippen LogP contribution in [0, 0.1) is 11.6 Å². The summed E-state index contributed by atoms with van der Waals surface area (Å²) in [6, 6.07) is 10.7. The summed E-state index contributed by atoms with van der Waals surface area (Å²) in [7, 11) is 1.57. The Bertz CT molecular complexity index is 763. The highest BCUT2D eigenvalue weighted by Gasteiger charge is 2.08. The Balaban J connectivity index is 1.82. The van der Waals surface area contributed by atoms with Gasteiger partial charge in [-0.25, -0.2) is 8.78 Å². The summed E-state index contributed by atoms with van der Waals surface area (Å²) in [5.41, 5.74) is 1.02. The lowest BCUT2D eigenvalue weighted by atomic mass is 10.2. The molecule has 1 heterocycles. The zero-order chi connectivity index (χ0) is 14.8. The number of rotatable bonds is 4. The summed E-state index contributed by atoms with van der Waals surface area (Å²) in [6.07, 6.45) is 0. The van der Waals surface area contributed by atoms with Gasteiger partial charge in [0.15, 0.2) is 11.3 Å². The van der Waals surface area contributed by atoms with Crippen LogP contribution < -0.4 is 10.1 Å². The van der Waals surface area contributed by atoms with Crippen LogP contribution in [0.15, 0.2) is 46.9 Å². The van der Waals surface area contributed by atoms with E-state index in [0.717, 1.165) is 11.5 Å². The first-order valence-corrected chi connectivity index (χ1v) is 6.41. The molecule has 0 saturated heterocycles. The van der Waals surface area contributed by atoms with Crippen LogP contribution in [0.5, 0.6) is 5.75 Å². The molecule has 0 unspecified atom stereocenters. The Hall–Kier alpha value is -2.56. The zero-order valence-corrected chi connectivity index (χ0v) is 11.3. The van der Waals surface area contributed by atoms with Gasteiger partial charge in [0.2, 0.25) is 0 Å². The lowest BCUT2D eigenvalue weighted by Gasteiger charge is -2.04. The number of hydrogen-bond acceptors (Lipinski definition) is 3. The Kier molecular flexibility index (Phi) is 3.48. The van der Waals surface area contributed by atoms with Gasteiger partial charge in [0.05, 0.1) is 13.7 Å². The molecule has 0 saturated carbocycles. The summed E-state index contributed by atoms with van der Waals surface area (Å²) in [5.74, 6) is 0.0577. The predicted octanol–water partition coefficient (Wildman–Crippen LogP) is 4.33. The molecule has 0 spiro atoms. The van der Waals surface area contributed by atoms with E-state index in [1.807, 2.05) is 24.3 Å². The minimum Gasteiger partial charge on any atom is -0.493 e. The maximum atomic E-state index is 13.1. The minimum atomic E-state index is -0.622. The largest absolute Gasteiger partial charge is 0.493 e. The van der Waals surface area contributed by atoms with Crippen LogP contribution in [-0.2, 0) is 6.54 Å². The maximum absolute atomic E-state index is 13.1. The van der Waals surface area contributed by atoms with E-state index >= 15 is 0 Å². The van der Waals surface area contributed by atoms with Crippen LogP contribution in [0.2, 0.25) is 0 Å². The van der Waals surface area contributed by atoms with Gasteiger partial charge >= 0.3 is 0 Å². The number of anilines is 1. The van der Waals surface area contributed by atoms with Gasteiger partial charge < -0.3 is 14.5 Å². The highest BCUT2D eigenvalue weighted by molar-refractivity contribution is 5.83. The van der Waals surface area contributed by atoms with Crippen LogP contribution in [0.1, 0.15) is 5.76 Å². The summed E-state index contributed by atoms with van der Waals surface area (Å²) in [6.45, 7) is 0.320. The fourth-order valence-electron chi connectivity index (χ4n) is 2.18. The van der Waals surface area contributed by atoms with E-state index in [4.69, 9.17) is 9.15 Å². The number of benzene rings is 2. The Morgan fingerprint density at radius 1 is 1.10 bits per heavy atom. The van der Waals surface area contributed by atoms with Gasteiger partial charge in [-0.3, -0.25) is 0 Å². The number of halogens is 2. The summed E-state index contributed by atoms with van der Waals surface area (Å²) < 4.78 is 37.1. The first-order valence-electron chi connectivity index (χ1n) is 6.41. The summed E-state index contributed by atoms with van der Waals surface area (Å²) in [5, 5.41) is 3.84. The number of methoxy groups -OCH3 is 1. The fraction of sp³-hybridized carbons (Fsp3) is 0.125. The van der Waals surface area contributed by atoms with Crippen molar-refractivity contribution in [3.05, 3.63) is 59.9 Å². The second-order valence-electron chi connectivity index (χ2n) is 4.60. The summed E-state index contributed by atoms with van der Waals surface area (Å²) >= 11 is 0. The lowest BCUT2D eigenvalue weighted by molar-refractivity contribution is 0.408. The van der Waals surface area contributed by atoms with Gasteiger partial charge in [-0.1, -0.05) is 12.1 Å². The summed E-state index contributed by atoms with van der Waals surface area (Å²) in [4.78, 5) is 0. The Labute approximate surface area is 120 Å². The molecule has 0 amide bonds. The molecule has 1 aromatic heterocycles. The van der Waals surface area contributed by atoms with Crippen LogP contribution in [0.3, 0.4) is 0 Å². The SMILES string of the molecule is COc1cccc2cc(CNc3cc(F)cc(F)c3)oc12. The van der Waals surface area contributed by atoms with Crippen molar-refractivity contribution >= 4 is 16.7 Å². The average molecular weight is 289 g/mol. The van der Waals surface area contributed by atoms with Crippen molar-refractivity contribution in [1.29, 1.82) is 0 Å². The molecule has 108 valence electrons. The van der Waals surface area contributed by atoms with Gasteiger partial charge in [0.1, 0.15) is 17.4 Å². The van der Waals surface area contributed by atoms with Gasteiger partial charge in [-0.05, 0) is 24.3 Å². The molecule has 5 heteroatoms. The minimum absolute atomic E-state index is 0.320. The fourth-order valence-corrected chi connectivity index (χ4v) is 2.18. The normalized spacial score (nSPS) is 10.8. The zero-order valence-electron chi connectivity index (χ0n) is 11.3. The van der Waals surface area contributed by atoms with Crippen LogP contribution in [0.4, 0.5) is 14.5 Å². The second-order valence-corrected chi connectivity index (χ2v) is 4.60. The number of fused-ring (bicyclic) bond motifs is 1. The molecule has 0 atom stereocenters. The third-order valence-corrected chi connectivity index (χ3v) is 3.11. The highest BCUT2D eigenvalue weighted by Crippen LogP contribution is 2.28. The van der Waals surface area contributed by atoms with Crippen LogP contribution in [-0.4, -0.2) is 7.11 Å². The first-order chi connectivity index (χ1) is 10.2. The van der Waals surface area contributed by atoms with E-state index in [1.165, 1.54) is 12.1 Å². The molecular formula is C16H13F2NO2. The van der Waals surface area contributed by atoms with Crippen molar-refractivity contribution in [2.24, 2.45) is 0 Å².